The monoisotopic (exact) mass is 384 g/mol. The summed E-state index contributed by atoms with van der Waals surface area (Å²) in [4.78, 5) is 26.3. The van der Waals surface area contributed by atoms with Crippen LogP contribution in [0.2, 0.25) is 0 Å². The number of Topliss-reactive ketones (excluding diaryl/α,β-unsaturated/α-hetero) is 1. The van der Waals surface area contributed by atoms with Gasteiger partial charge in [-0.1, -0.05) is 54.6 Å². The standard InChI is InChI=1S/C26H24O3/c1-15-13-14-20(18(4)17(15)3)23-24(27)21-11-7-8-12-22(21)25(23)29-26(28)19-10-6-5-9-16(19)2/h5-14,23,25H,1-4H3. The Bertz CT molecular complexity index is 1130. The molecule has 3 heteroatoms. The van der Waals surface area contributed by atoms with Gasteiger partial charge in [0.05, 0.1) is 11.5 Å². The van der Waals surface area contributed by atoms with Crippen molar-refractivity contribution < 1.29 is 14.3 Å². The summed E-state index contributed by atoms with van der Waals surface area (Å²) < 4.78 is 6.01. The summed E-state index contributed by atoms with van der Waals surface area (Å²) >= 11 is 0. The largest absolute Gasteiger partial charge is 0.453 e. The van der Waals surface area contributed by atoms with Crippen LogP contribution in [0.25, 0.3) is 0 Å². The first kappa shape index (κ1) is 19.1. The molecular formula is C26H24O3. The van der Waals surface area contributed by atoms with Crippen LogP contribution in [0.4, 0.5) is 0 Å². The molecule has 0 fully saturated rings. The van der Waals surface area contributed by atoms with E-state index in [0.717, 1.165) is 27.8 Å². The Kier molecular flexibility index (Phi) is 4.83. The number of ether oxygens (including phenoxy) is 1. The van der Waals surface area contributed by atoms with Crippen LogP contribution < -0.4 is 0 Å². The van der Waals surface area contributed by atoms with Crippen LogP contribution in [0.1, 0.15) is 66.1 Å². The molecule has 0 bridgehead atoms. The molecule has 2 unspecified atom stereocenters. The van der Waals surface area contributed by atoms with Crippen LogP contribution in [-0.2, 0) is 4.74 Å². The van der Waals surface area contributed by atoms with Crippen molar-refractivity contribution in [1.29, 1.82) is 0 Å². The number of carbonyl (C=O) groups excluding carboxylic acids is 2. The van der Waals surface area contributed by atoms with Gasteiger partial charge in [0, 0.05) is 11.1 Å². The molecule has 29 heavy (non-hydrogen) atoms. The third-order valence-electron chi connectivity index (χ3n) is 6.15. The normalized spacial score (nSPS) is 17.9. The van der Waals surface area contributed by atoms with Gasteiger partial charge in [-0.2, -0.15) is 0 Å². The predicted octanol–water partition coefficient (Wildman–Crippen LogP) is 5.80. The molecule has 3 aromatic carbocycles. The average Bonchev–Trinajstić information content (AvgIpc) is 2.99. The van der Waals surface area contributed by atoms with Crippen molar-refractivity contribution in [2.75, 3.05) is 0 Å². The van der Waals surface area contributed by atoms with Crippen molar-refractivity contribution in [3.05, 3.63) is 105 Å². The van der Waals surface area contributed by atoms with Crippen LogP contribution in [0.3, 0.4) is 0 Å². The fourth-order valence-electron chi connectivity index (χ4n) is 4.18. The van der Waals surface area contributed by atoms with Gasteiger partial charge >= 0.3 is 5.97 Å². The second kappa shape index (κ2) is 7.32. The maximum absolute atomic E-state index is 13.3. The lowest BCUT2D eigenvalue weighted by Crippen LogP contribution is -2.19. The first-order chi connectivity index (χ1) is 13.9. The van der Waals surface area contributed by atoms with E-state index in [9.17, 15) is 9.59 Å². The van der Waals surface area contributed by atoms with E-state index in [-0.39, 0.29) is 5.78 Å². The molecule has 0 spiro atoms. The number of rotatable bonds is 3. The Hall–Kier alpha value is -3.20. The Morgan fingerprint density at radius 1 is 0.759 bits per heavy atom. The van der Waals surface area contributed by atoms with Gasteiger partial charge in [-0.3, -0.25) is 4.79 Å². The lowest BCUT2D eigenvalue weighted by Gasteiger charge is -2.23. The van der Waals surface area contributed by atoms with Gasteiger partial charge in [-0.15, -0.1) is 0 Å². The fraction of sp³-hybridized carbons (Fsp3) is 0.231. The first-order valence-corrected chi connectivity index (χ1v) is 9.86. The molecule has 0 saturated heterocycles. The summed E-state index contributed by atoms with van der Waals surface area (Å²) in [6.07, 6.45) is -0.633. The van der Waals surface area contributed by atoms with E-state index in [1.165, 1.54) is 5.56 Å². The smallest absolute Gasteiger partial charge is 0.339 e. The molecule has 0 aromatic heterocycles. The van der Waals surface area contributed by atoms with E-state index in [1.54, 1.807) is 6.07 Å². The van der Waals surface area contributed by atoms with E-state index in [1.807, 2.05) is 68.4 Å². The summed E-state index contributed by atoms with van der Waals surface area (Å²) in [5.41, 5.74) is 7.15. The maximum Gasteiger partial charge on any atom is 0.339 e. The van der Waals surface area contributed by atoms with E-state index in [4.69, 9.17) is 4.74 Å². The molecule has 0 heterocycles. The lowest BCUT2D eigenvalue weighted by molar-refractivity contribution is 0.0257. The molecule has 0 saturated carbocycles. The molecule has 1 aliphatic carbocycles. The average molecular weight is 384 g/mol. The van der Waals surface area contributed by atoms with E-state index in [2.05, 4.69) is 13.8 Å². The van der Waals surface area contributed by atoms with E-state index >= 15 is 0 Å². The van der Waals surface area contributed by atoms with E-state index in [0.29, 0.717) is 11.1 Å². The molecule has 2 atom stereocenters. The van der Waals surface area contributed by atoms with Gasteiger partial charge in [-0.25, -0.2) is 4.79 Å². The number of aryl methyl sites for hydroxylation is 2. The van der Waals surface area contributed by atoms with Crippen molar-refractivity contribution in [3.63, 3.8) is 0 Å². The molecule has 3 aromatic rings. The minimum atomic E-state index is -0.633. The topological polar surface area (TPSA) is 43.4 Å². The third kappa shape index (κ3) is 3.17. The minimum absolute atomic E-state index is 0.00883. The highest BCUT2D eigenvalue weighted by Gasteiger charge is 2.44. The van der Waals surface area contributed by atoms with Crippen molar-refractivity contribution in [2.45, 2.75) is 39.7 Å². The number of ketones is 1. The van der Waals surface area contributed by atoms with Crippen LogP contribution in [0.15, 0.2) is 60.7 Å². The lowest BCUT2D eigenvalue weighted by atomic mass is 9.86. The molecule has 4 rings (SSSR count). The predicted molar refractivity (Wildman–Crippen MR) is 114 cm³/mol. The van der Waals surface area contributed by atoms with Crippen LogP contribution >= 0.6 is 0 Å². The van der Waals surface area contributed by atoms with Gasteiger partial charge < -0.3 is 4.74 Å². The van der Waals surface area contributed by atoms with Gasteiger partial charge in [0.15, 0.2) is 5.78 Å². The zero-order valence-corrected chi connectivity index (χ0v) is 17.2. The quantitative estimate of drug-likeness (QED) is 0.536. The van der Waals surface area contributed by atoms with Crippen molar-refractivity contribution in [2.24, 2.45) is 0 Å². The number of benzene rings is 3. The van der Waals surface area contributed by atoms with Crippen molar-refractivity contribution in [1.82, 2.24) is 0 Å². The first-order valence-electron chi connectivity index (χ1n) is 9.86. The maximum atomic E-state index is 13.3. The number of hydrogen-bond acceptors (Lipinski definition) is 3. The summed E-state index contributed by atoms with van der Waals surface area (Å²) in [6.45, 7) is 8.05. The molecule has 0 N–H and O–H groups in total. The molecule has 0 amide bonds. The highest BCUT2D eigenvalue weighted by Crippen LogP contribution is 2.46. The Morgan fingerprint density at radius 3 is 2.21 bits per heavy atom. The third-order valence-corrected chi connectivity index (χ3v) is 6.15. The summed E-state index contributed by atoms with van der Waals surface area (Å²) in [5, 5.41) is 0. The number of esters is 1. The highest BCUT2D eigenvalue weighted by molar-refractivity contribution is 6.06. The van der Waals surface area contributed by atoms with Crippen LogP contribution in [-0.4, -0.2) is 11.8 Å². The van der Waals surface area contributed by atoms with Gasteiger partial charge in [0.2, 0.25) is 0 Å². The second-order valence-corrected chi connectivity index (χ2v) is 7.79. The number of carbonyl (C=O) groups is 2. The Labute approximate surface area is 171 Å². The zero-order valence-electron chi connectivity index (χ0n) is 17.2. The number of hydrogen-bond donors (Lipinski definition) is 0. The molecule has 0 aliphatic heterocycles. The summed E-state index contributed by atoms with van der Waals surface area (Å²) in [5.74, 6) is -0.918. The van der Waals surface area contributed by atoms with Crippen LogP contribution in [0, 0.1) is 27.7 Å². The second-order valence-electron chi connectivity index (χ2n) is 7.79. The van der Waals surface area contributed by atoms with Gasteiger partial charge in [0.1, 0.15) is 6.10 Å². The summed E-state index contributed by atoms with van der Waals surface area (Å²) in [7, 11) is 0. The molecule has 146 valence electrons. The highest BCUT2D eigenvalue weighted by atomic mass is 16.5. The molecular weight excluding hydrogens is 360 g/mol. The van der Waals surface area contributed by atoms with Crippen molar-refractivity contribution >= 4 is 11.8 Å². The minimum Gasteiger partial charge on any atom is -0.453 e. The number of fused-ring (bicyclic) bond motifs is 1. The SMILES string of the molecule is Cc1ccccc1C(=O)OC1c2ccccc2C(=O)C1c1ccc(C)c(C)c1C. The molecule has 1 aliphatic rings. The molecule has 3 nitrogen and oxygen atoms in total. The van der Waals surface area contributed by atoms with Crippen LogP contribution in [0.5, 0.6) is 0 Å². The van der Waals surface area contributed by atoms with Gasteiger partial charge in [-0.05, 0) is 61.6 Å². The summed E-state index contributed by atoms with van der Waals surface area (Å²) in [6, 6.07) is 18.8. The fourth-order valence-corrected chi connectivity index (χ4v) is 4.18. The Balaban J connectivity index is 1.80. The zero-order chi connectivity index (χ0) is 20.7. The Morgan fingerprint density at radius 2 is 1.45 bits per heavy atom. The van der Waals surface area contributed by atoms with Crippen molar-refractivity contribution in [3.8, 4) is 0 Å². The molecule has 0 radical (unpaired) electrons. The van der Waals surface area contributed by atoms with Gasteiger partial charge in [0.25, 0.3) is 0 Å². The van der Waals surface area contributed by atoms with E-state index < -0.39 is 18.0 Å².